The second kappa shape index (κ2) is 6.87. The van der Waals surface area contributed by atoms with E-state index in [1.165, 1.54) is 6.92 Å². The average molecular weight is 353 g/mol. The predicted molar refractivity (Wildman–Crippen MR) is 35.3 cm³/mol. The molecule has 7 heteroatoms. The maximum atomic E-state index is 9.56. The van der Waals surface area contributed by atoms with Crippen molar-refractivity contribution in [3.05, 3.63) is 0 Å². The average Bonchev–Trinajstić information content (AvgIpc) is 1.30. The first kappa shape index (κ1) is 16.4. The maximum absolute atomic E-state index is 9.56. The normalized spacial score (nSPS) is 9.11. The van der Waals surface area contributed by atoms with Crippen LogP contribution in [0.15, 0.2) is 0 Å². The number of rotatable bonds is 2. The van der Waals surface area contributed by atoms with Gasteiger partial charge < -0.3 is 5.48 Å². The van der Waals surface area contributed by atoms with E-state index in [2.05, 4.69) is 4.18 Å². The quantitative estimate of drug-likeness (QED) is 0.463. The molecule has 0 fully saturated rings. The molecular formula is C2H10O5PbS. The standard InChI is InChI=1S/C2H6O4S.H2O.Pb.2H/c1-2-6-7(3,4)5;;;;/h2H2,1H3,(H,3,4,5);1H2;;;. The van der Waals surface area contributed by atoms with Crippen LogP contribution in [-0.4, -0.2) is 52.4 Å². The molecule has 0 saturated heterocycles. The van der Waals surface area contributed by atoms with Crippen molar-refractivity contribution in [2.24, 2.45) is 0 Å². The fourth-order valence-corrected chi connectivity index (χ4v) is 0.447. The summed E-state index contributed by atoms with van der Waals surface area (Å²) in [7, 11) is -4.17. The molecule has 0 unspecified atom stereocenters. The van der Waals surface area contributed by atoms with Gasteiger partial charge in [-0.2, -0.15) is 8.42 Å². The molecule has 0 rings (SSSR count). The van der Waals surface area contributed by atoms with E-state index in [-0.39, 0.29) is 39.4 Å². The Balaban J connectivity index is -0.000000180. The molecule has 0 aliphatic heterocycles. The Morgan fingerprint density at radius 3 is 1.89 bits per heavy atom. The molecule has 3 N–H and O–H groups in total. The summed E-state index contributed by atoms with van der Waals surface area (Å²) in [6.07, 6.45) is 0. The van der Waals surface area contributed by atoms with Gasteiger partial charge in [-0.3, -0.25) is 4.55 Å². The Hall–Kier alpha value is 0.752. The molecule has 0 aromatic heterocycles. The molecule has 0 atom stereocenters. The summed E-state index contributed by atoms with van der Waals surface area (Å²) in [4.78, 5) is 0. The Kier molecular flexibility index (Phi) is 12.5. The van der Waals surface area contributed by atoms with E-state index in [4.69, 9.17) is 4.55 Å². The van der Waals surface area contributed by atoms with E-state index in [1.54, 1.807) is 0 Å². The Morgan fingerprint density at radius 1 is 1.56 bits per heavy atom. The minimum atomic E-state index is -4.17. The van der Waals surface area contributed by atoms with Crippen LogP contribution in [0.1, 0.15) is 6.92 Å². The van der Waals surface area contributed by atoms with Crippen molar-refractivity contribution in [1.29, 1.82) is 0 Å². The summed E-state index contributed by atoms with van der Waals surface area (Å²) in [5.74, 6) is 0. The Morgan fingerprint density at radius 2 is 1.89 bits per heavy atom. The molecule has 58 valence electrons. The molecule has 5 nitrogen and oxygen atoms in total. The van der Waals surface area contributed by atoms with E-state index in [0.29, 0.717) is 0 Å². The van der Waals surface area contributed by atoms with Gasteiger partial charge in [-0.05, 0) is 6.92 Å². The van der Waals surface area contributed by atoms with Crippen LogP contribution in [0.25, 0.3) is 0 Å². The van der Waals surface area contributed by atoms with Crippen LogP contribution in [0, 0.1) is 0 Å². The molecule has 2 radical (unpaired) electrons. The third kappa shape index (κ3) is 17.7. The van der Waals surface area contributed by atoms with E-state index in [0.717, 1.165) is 0 Å². The van der Waals surface area contributed by atoms with Gasteiger partial charge in [0.15, 0.2) is 0 Å². The monoisotopic (exact) mass is 354 g/mol. The first-order chi connectivity index (χ1) is 3.06. The number of hydrogen-bond acceptors (Lipinski definition) is 3. The van der Waals surface area contributed by atoms with Crippen LogP contribution in [0.5, 0.6) is 0 Å². The minimum absolute atomic E-state index is 0. The van der Waals surface area contributed by atoms with Crippen molar-refractivity contribution in [2.75, 3.05) is 6.61 Å². The molecule has 0 aromatic carbocycles. The van der Waals surface area contributed by atoms with Crippen LogP contribution in [0.3, 0.4) is 0 Å². The van der Waals surface area contributed by atoms with Crippen LogP contribution in [0.2, 0.25) is 0 Å². The summed E-state index contributed by atoms with van der Waals surface area (Å²) in [5, 5.41) is 0. The van der Waals surface area contributed by atoms with Crippen molar-refractivity contribution >= 4 is 37.7 Å². The zero-order valence-corrected chi connectivity index (χ0v) is 11.3. The van der Waals surface area contributed by atoms with Crippen molar-refractivity contribution in [1.82, 2.24) is 0 Å². The molecule has 0 aromatic rings. The molecule has 0 saturated carbocycles. The van der Waals surface area contributed by atoms with Gasteiger partial charge >= 0.3 is 37.7 Å². The molecule has 0 aliphatic carbocycles. The van der Waals surface area contributed by atoms with Gasteiger partial charge in [-0.1, -0.05) is 0 Å². The Bertz CT molecular complexity index is 128. The SMILES string of the molecule is CCOS(=O)(=O)O.O.[PbH2]. The first-order valence-corrected chi connectivity index (χ1v) is 3.04. The molecule has 0 aliphatic rings. The summed E-state index contributed by atoms with van der Waals surface area (Å²) >= 11 is 0. The van der Waals surface area contributed by atoms with Crippen LogP contribution < -0.4 is 0 Å². The third-order valence-electron chi connectivity index (χ3n) is 0.267. The van der Waals surface area contributed by atoms with Gasteiger partial charge in [0.05, 0.1) is 6.61 Å². The fraction of sp³-hybridized carbons (Fsp3) is 1.00. The van der Waals surface area contributed by atoms with Gasteiger partial charge in [0.25, 0.3) is 0 Å². The van der Waals surface area contributed by atoms with Gasteiger partial charge in [-0.15, -0.1) is 0 Å². The van der Waals surface area contributed by atoms with Crippen molar-refractivity contribution in [3.8, 4) is 0 Å². The van der Waals surface area contributed by atoms with Gasteiger partial charge in [0.1, 0.15) is 0 Å². The van der Waals surface area contributed by atoms with Gasteiger partial charge in [-0.25, -0.2) is 4.18 Å². The van der Waals surface area contributed by atoms with E-state index < -0.39 is 10.4 Å². The summed E-state index contributed by atoms with van der Waals surface area (Å²) in [6, 6.07) is 0. The van der Waals surface area contributed by atoms with E-state index in [9.17, 15) is 8.42 Å². The van der Waals surface area contributed by atoms with Crippen LogP contribution in [-0.2, 0) is 14.6 Å². The Labute approximate surface area is 73.8 Å². The second-order valence-corrected chi connectivity index (χ2v) is 1.93. The first-order valence-electron chi connectivity index (χ1n) is 1.68. The van der Waals surface area contributed by atoms with Crippen molar-refractivity contribution in [3.63, 3.8) is 0 Å². The molecule has 0 amide bonds. The van der Waals surface area contributed by atoms with Crippen molar-refractivity contribution in [2.45, 2.75) is 6.92 Å². The summed E-state index contributed by atoms with van der Waals surface area (Å²) < 4.78 is 30.7. The van der Waals surface area contributed by atoms with Crippen molar-refractivity contribution < 1.29 is 22.6 Å². The molecular weight excluding hydrogens is 343 g/mol. The fourth-order valence-electron chi connectivity index (χ4n) is 0.149. The number of hydrogen-bond donors (Lipinski definition) is 1. The molecule has 0 bridgehead atoms. The predicted octanol–water partition coefficient (Wildman–Crippen LogP) is -1.92. The van der Waals surface area contributed by atoms with Crippen LogP contribution >= 0.6 is 0 Å². The van der Waals surface area contributed by atoms with Crippen LogP contribution in [0.4, 0.5) is 0 Å². The van der Waals surface area contributed by atoms with E-state index >= 15 is 0 Å². The summed E-state index contributed by atoms with van der Waals surface area (Å²) in [6.45, 7) is 1.44. The zero-order valence-electron chi connectivity index (χ0n) is 4.99. The van der Waals surface area contributed by atoms with Gasteiger partial charge in [0, 0.05) is 0 Å². The summed E-state index contributed by atoms with van der Waals surface area (Å²) in [5.41, 5.74) is 0. The topological polar surface area (TPSA) is 95.1 Å². The zero-order chi connectivity index (χ0) is 5.91. The molecule has 0 heterocycles. The van der Waals surface area contributed by atoms with Gasteiger partial charge in [0.2, 0.25) is 0 Å². The third-order valence-corrected chi connectivity index (χ3v) is 0.800. The van der Waals surface area contributed by atoms with E-state index in [1.807, 2.05) is 0 Å². The molecule has 9 heavy (non-hydrogen) atoms. The second-order valence-electron chi connectivity index (χ2n) is 0.834. The molecule has 0 spiro atoms.